The van der Waals surface area contributed by atoms with Gasteiger partial charge >= 0.3 is 0 Å². The monoisotopic (exact) mass is 656 g/mol. The Morgan fingerprint density at radius 1 is 0.978 bits per heavy atom. The molecule has 1 saturated heterocycles. The summed E-state index contributed by atoms with van der Waals surface area (Å²) >= 11 is 6.36. The first-order chi connectivity index (χ1) is 21.7. The summed E-state index contributed by atoms with van der Waals surface area (Å²) in [5, 5.41) is 19.0. The van der Waals surface area contributed by atoms with Crippen LogP contribution >= 0.6 is 11.6 Å². The highest BCUT2D eigenvalue weighted by atomic mass is 35.5. The summed E-state index contributed by atoms with van der Waals surface area (Å²) in [6.07, 6.45) is 2.53. The maximum Gasteiger partial charge on any atom is 0.229 e. The molecule has 240 valence electrons. The second-order valence-corrected chi connectivity index (χ2v) is 12.7. The van der Waals surface area contributed by atoms with Gasteiger partial charge in [-0.2, -0.15) is 4.98 Å². The lowest BCUT2D eigenvalue weighted by atomic mass is 10.2. The number of β-amino-alcohol motifs (C(OH)–C–C–N with tert-alkyl or cyclic N) is 1. The zero-order chi connectivity index (χ0) is 31.8. The molecule has 0 unspecified atom stereocenters. The molecule has 0 spiro atoms. The molecule has 0 saturated carbocycles. The standard InChI is InChI=1S/C30H37ClN8O5S/c1-43-28-17-21(32-18-22-8-9-23(44-22)20-39-13-11-38(12-14-39)15-16-40)7-10-27(28)35-30-33-19-24(31)29(36-30)34-25-5-3-4-6-26(25)37-45(2,41)42/h3-10,17,19,32,37,40H,11-16,18,20H2,1-2H3,(H2,33,34,35,36). The third-order valence-electron chi connectivity index (χ3n) is 7.11. The van der Waals surface area contributed by atoms with E-state index < -0.39 is 10.0 Å². The maximum atomic E-state index is 11.8. The van der Waals surface area contributed by atoms with Gasteiger partial charge in [0, 0.05) is 44.5 Å². The Morgan fingerprint density at radius 2 is 1.71 bits per heavy atom. The Kier molecular flexibility index (Phi) is 10.6. The van der Waals surface area contributed by atoms with Crippen molar-refractivity contribution in [3.63, 3.8) is 0 Å². The van der Waals surface area contributed by atoms with Crippen molar-refractivity contribution >= 4 is 56.1 Å². The Balaban J connectivity index is 1.19. The summed E-state index contributed by atoms with van der Waals surface area (Å²) in [6, 6.07) is 16.4. The van der Waals surface area contributed by atoms with Crippen LogP contribution in [-0.4, -0.2) is 86.0 Å². The number of aliphatic hydroxyl groups is 1. The number of hydrogen-bond acceptors (Lipinski definition) is 12. The minimum absolute atomic E-state index is 0.195. The number of anilines is 6. The number of furan rings is 1. The minimum atomic E-state index is -3.49. The fourth-order valence-corrected chi connectivity index (χ4v) is 5.59. The number of halogens is 1. The molecule has 0 bridgehead atoms. The topological polar surface area (TPSA) is 157 Å². The van der Waals surface area contributed by atoms with E-state index in [-0.39, 0.29) is 23.4 Å². The van der Waals surface area contributed by atoms with E-state index in [9.17, 15) is 8.42 Å². The van der Waals surface area contributed by atoms with E-state index in [1.807, 2.05) is 30.3 Å². The van der Waals surface area contributed by atoms with Crippen LogP contribution in [0.5, 0.6) is 5.75 Å². The number of sulfonamides is 1. The summed E-state index contributed by atoms with van der Waals surface area (Å²) in [7, 11) is -1.91. The first kappa shape index (κ1) is 32.3. The molecule has 2 aromatic carbocycles. The lowest BCUT2D eigenvalue weighted by Crippen LogP contribution is -2.46. The fraction of sp³-hybridized carbons (Fsp3) is 0.333. The molecule has 5 rings (SSSR count). The van der Waals surface area contributed by atoms with Gasteiger partial charge in [0.1, 0.15) is 22.3 Å². The highest BCUT2D eigenvalue weighted by Gasteiger charge is 2.18. The molecule has 1 aliphatic rings. The summed E-state index contributed by atoms with van der Waals surface area (Å²) in [4.78, 5) is 13.4. The van der Waals surface area contributed by atoms with Crippen molar-refractivity contribution in [2.45, 2.75) is 13.1 Å². The average molecular weight is 657 g/mol. The quantitative estimate of drug-likeness (QED) is 0.131. The zero-order valence-corrected chi connectivity index (χ0v) is 26.7. The molecule has 4 aromatic rings. The molecular weight excluding hydrogens is 620 g/mol. The lowest BCUT2D eigenvalue weighted by molar-refractivity contribution is 0.103. The van der Waals surface area contributed by atoms with Crippen LogP contribution in [0.15, 0.2) is 65.2 Å². The number of aliphatic hydroxyl groups excluding tert-OH is 1. The Labute approximate surface area is 267 Å². The van der Waals surface area contributed by atoms with Crippen molar-refractivity contribution in [2.75, 3.05) is 73.4 Å². The van der Waals surface area contributed by atoms with Crippen molar-refractivity contribution < 1.29 is 22.7 Å². The molecule has 1 fully saturated rings. The number of nitrogens with zero attached hydrogens (tertiary/aromatic N) is 4. The fourth-order valence-electron chi connectivity index (χ4n) is 4.87. The van der Waals surface area contributed by atoms with Crippen molar-refractivity contribution in [1.82, 2.24) is 19.8 Å². The van der Waals surface area contributed by atoms with Gasteiger partial charge in [0.05, 0.1) is 56.3 Å². The number of para-hydroxylation sites is 2. The second kappa shape index (κ2) is 14.8. The molecule has 15 heteroatoms. The normalized spacial score (nSPS) is 14.2. The first-order valence-electron chi connectivity index (χ1n) is 14.4. The molecule has 0 radical (unpaired) electrons. The summed E-state index contributed by atoms with van der Waals surface area (Å²) in [5.41, 5.74) is 2.30. The Morgan fingerprint density at radius 3 is 2.44 bits per heavy atom. The predicted molar refractivity (Wildman–Crippen MR) is 176 cm³/mol. The molecule has 0 aliphatic carbocycles. The highest BCUT2D eigenvalue weighted by molar-refractivity contribution is 7.92. The molecule has 5 N–H and O–H groups in total. The molecule has 2 aromatic heterocycles. The largest absolute Gasteiger partial charge is 0.494 e. The number of methoxy groups -OCH3 is 1. The minimum Gasteiger partial charge on any atom is -0.494 e. The van der Waals surface area contributed by atoms with Crippen LogP contribution in [0.1, 0.15) is 11.5 Å². The second-order valence-electron chi connectivity index (χ2n) is 10.5. The number of nitrogens with one attached hydrogen (secondary N) is 4. The molecule has 0 amide bonds. The van der Waals surface area contributed by atoms with E-state index in [4.69, 9.17) is 25.9 Å². The third-order valence-corrected chi connectivity index (χ3v) is 7.98. The van der Waals surface area contributed by atoms with E-state index in [0.29, 0.717) is 29.4 Å². The smallest absolute Gasteiger partial charge is 0.229 e. The molecule has 0 atom stereocenters. The van der Waals surface area contributed by atoms with Crippen LogP contribution in [0, 0.1) is 0 Å². The molecule has 1 aliphatic heterocycles. The van der Waals surface area contributed by atoms with Crippen LogP contribution in [0.3, 0.4) is 0 Å². The summed E-state index contributed by atoms with van der Waals surface area (Å²) in [6.45, 7) is 5.98. The zero-order valence-electron chi connectivity index (χ0n) is 25.1. The molecule has 13 nitrogen and oxygen atoms in total. The maximum absolute atomic E-state index is 11.8. The van der Waals surface area contributed by atoms with Gasteiger partial charge in [-0.05, 0) is 36.4 Å². The first-order valence-corrected chi connectivity index (χ1v) is 16.6. The van der Waals surface area contributed by atoms with Crippen LogP contribution in [0.2, 0.25) is 5.02 Å². The SMILES string of the molecule is COc1cc(NCc2ccc(CN3CCN(CCO)CC3)o2)ccc1Nc1ncc(Cl)c(Nc2ccccc2NS(C)(=O)=O)n1. The van der Waals surface area contributed by atoms with Crippen molar-refractivity contribution in [1.29, 1.82) is 0 Å². The third kappa shape index (κ3) is 9.22. The Bertz CT molecular complexity index is 1700. The van der Waals surface area contributed by atoms with Crippen LogP contribution < -0.4 is 25.4 Å². The van der Waals surface area contributed by atoms with Gasteiger partial charge in [-0.15, -0.1) is 0 Å². The van der Waals surface area contributed by atoms with Gasteiger partial charge in [-0.3, -0.25) is 14.5 Å². The van der Waals surface area contributed by atoms with Crippen molar-refractivity contribution in [3.05, 3.63) is 77.3 Å². The van der Waals surface area contributed by atoms with Gasteiger partial charge in [0.15, 0.2) is 5.82 Å². The number of rotatable bonds is 14. The van der Waals surface area contributed by atoms with Crippen LogP contribution in [0.4, 0.5) is 34.5 Å². The molecule has 3 heterocycles. The van der Waals surface area contributed by atoms with Crippen molar-refractivity contribution in [3.8, 4) is 5.75 Å². The number of aromatic nitrogens is 2. The highest BCUT2D eigenvalue weighted by Crippen LogP contribution is 2.33. The van der Waals surface area contributed by atoms with Crippen molar-refractivity contribution in [2.24, 2.45) is 0 Å². The van der Waals surface area contributed by atoms with Gasteiger partial charge in [0.2, 0.25) is 16.0 Å². The average Bonchev–Trinajstić information content (AvgIpc) is 3.46. The summed E-state index contributed by atoms with van der Waals surface area (Å²) in [5.74, 6) is 2.86. The van der Waals surface area contributed by atoms with Crippen LogP contribution in [0.25, 0.3) is 0 Å². The predicted octanol–water partition coefficient (Wildman–Crippen LogP) is 4.31. The van der Waals surface area contributed by atoms with E-state index in [2.05, 4.69) is 40.4 Å². The number of piperazine rings is 1. The molecular formula is C30H37ClN8O5S. The van der Waals surface area contributed by atoms with Gasteiger partial charge in [0.25, 0.3) is 0 Å². The number of hydrogen-bond donors (Lipinski definition) is 5. The summed E-state index contributed by atoms with van der Waals surface area (Å²) < 4.78 is 37.7. The van der Waals surface area contributed by atoms with Gasteiger partial charge in [-0.1, -0.05) is 23.7 Å². The van der Waals surface area contributed by atoms with Gasteiger partial charge < -0.3 is 30.2 Å². The number of benzene rings is 2. The number of ether oxygens (including phenoxy) is 1. The van der Waals surface area contributed by atoms with E-state index in [1.165, 1.54) is 6.20 Å². The molecule has 45 heavy (non-hydrogen) atoms. The lowest BCUT2D eigenvalue weighted by Gasteiger charge is -2.33. The van der Waals surface area contributed by atoms with E-state index >= 15 is 0 Å². The van der Waals surface area contributed by atoms with E-state index in [1.54, 1.807) is 31.4 Å². The van der Waals surface area contributed by atoms with E-state index in [0.717, 1.165) is 62.7 Å². The van der Waals surface area contributed by atoms with Crippen LogP contribution in [-0.2, 0) is 23.1 Å². The Hall–Kier alpha value is -4.08. The van der Waals surface area contributed by atoms with Gasteiger partial charge in [-0.25, -0.2) is 13.4 Å².